The molecule has 0 saturated heterocycles. The topological polar surface area (TPSA) is 18.5 Å². The summed E-state index contributed by atoms with van der Waals surface area (Å²) in [6, 6.07) is 8.48. The predicted octanol–water partition coefficient (Wildman–Crippen LogP) is 3.73. The molecular weight excluding hydrogens is 252 g/mol. The Labute approximate surface area is 119 Å². The molecule has 106 valence electrons. The lowest BCUT2D eigenvalue weighted by atomic mass is 10.1. The normalized spacial score (nSPS) is 14.7. The van der Waals surface area contributed by atoms with Crippen LogP contribution in [0.4, 0.5) is 0 Å². The first-order valence-corrected chi connectivity index (χ1v) is 8.52. The highest BCUT2D eigenvalue weighted by Crippen LogP contribution is 2.22. The summed E-state index contributed by atoms with van der Waals surface area (Å²) >= 11 is 0. The van der Waals surface area contributed by atoms with Gasteiger partial charge >= 0.3 is 0 Å². The summed E-state index contributed by atoms with van der Waals surface area (Å²) in [7, 11) is -0.547. The molecule has 0 spiro atoms. The van der Waals surface area contributed by atoms with Crippen molar-refractivity contribution in [1.29, 1.82) is 0 Å². The van der Waals surface area contributed by atoms with Crippen LogP contribution in [0.5, 0.6) is 0 Å². The molecule has 0 heterocycles. The average molecular weight is 278 g/mol. The van der Waals surface area contributed by atoms with Crippen molar-refractivity contribution < 1.29 is 9.16 Å². The standard InChI is InChI=1S/C16H26O2Si/c1-5-14-8-10-15(11-9-14)16(6-2)18-19-13(4)12-17-7-3/h5,8-11,13,16H,1,6-7,12,19H2,2-4H3. The Morgan fingerprint density at radius 1 is 1.26 bits per heavy atom. The maximum atomic E-state index is 6.14. The largest absolute Gasteiger partial charge is 0.417 e. The van der Waals surface area contributed by atoms with Gasteiger partial charge in [-0.15, -0.1) is 0 Å². The van der Waals surface area contributed by atoms with Gasteiger partial charge in [0.15, 0.2) is 9.76 Å². The van der Waals surface area contributed by atoms with Gasteiger partial charge in [-0.3, -0.25) is 0 Å². The molecule has 0 aliphatic carbocycles. The molecule has 1 aromatic rings. The lowest BCUT2D eigenvalue weighted by molar-refractivity contribution is 0.138. The Kier molecular flexibility index (Phi) is 7.71. The highest BCUT2D eigenvalue weighted by Gasteiger charge is 2.12. The van der Waals surface area contributed by atoms with Crippen molar-refractivity contribution in [3.05, 3.63) is 42.0 Å². The van der Waals surface area contributed by atoms with Crippen molar-refractivity contribution in [2.24, 2.45) is 0 Å². The van der Waals surface area contributed by atoms with E-state index in [0.29, 0.717) is 5.54 Å². The number of hydrogen-bond donors (Lipinski definition) is 0. The first-order chi connectivity index (χ1) is 9.21. The van der Waals surface area contributed by atoms with E-state index >= 15 is 0 Å². The van der Waals surface area contributed by atoms with E-state index in [1.807, 2.05) is 13.0 Å². The van der Waals surface area contributed by atoms with Crippen LogP contribution in [0, 0.1) is 0 Å². The number of rotatable bonds is 9. The summed E-state index contributed by atoms with van der Waals surface area (Å²) in [5.41, 5.74) is 2.99. The van der Waals surface area contributed by atoms with Crippen LogP contribution >= 0.6 is 0 Å². The molecule has 0 radical (unpaired) electrons. The molecule has 0 aromatic heterocycles. The predicted molar refractivity (Wildman–Crippen MR) is 85.1 cm³/mol. The van der Waals surface area contributed by atoms with Gasteiger partial charge in [-0.1, -0.05) is 50.8 Å². The minimum absolute atomic E-state index is 0.231. The van der Waals surface area contributed by atoms with Gasteiger partial charge in [-0.2, -0.15) is 0 Å². The fourth-order valence-electron chi connectivity index (χ4n) is 1.94. The van der Waals surface area contributed by atoms with E-state index in [2.05, 4.69) is 44.7 Å². The quantitative estimate of drug-likeness (QED) is 0.641. The summed E-state index contributed by atoms with van der Waals surface area (Å²) in [4.78, 5) is 0. The van der Waals surface area contributed by atoms with E-state index in [9.17, 15) is 0 Å². The zero-order valence-corrected chi connectivity index (χ0v) is 13.8. The van der Waals surface area contributed by atoms with Crippen molar-refractivity contribution >= 4 is 15.8 Å². The third-order valence-electron chi connectivity index (χ3n) is 3.10. The minimum atomic E-state index is -0.547. The molecule has 0 aliphatic heterocycles. The van der Waals surface area contributed by atoms with Gasteiger partial charge in [0.05, 0.1) is 6.10 Å². The monoisotopic (exact) mass is 278 g/mol. The van der Waals surface area contributed by atoms with Crippen molar-refractivity contribution in [1.82, 2.24) is 0 Å². The number of ether oxygens (including phenoxy) is 1. The second kappa shape index (κ2) is 9.07. The van der Waals surface area contributed by atoms with Gasteiger partial charge in [0.25, 0.3) is 0 Å². The molecule has 2 atom stereocenters. The van der Waals surface area contributed by atoms with Crippen LogP contribution in [0.3, 0.4) is 0 Å². The third-order valence-corrected chi connectivity index (χ3v) is 4.50. The van der Waals surface area contributed by atoms with Crippen molar-refractivity contribution in [3.8, 4) is 0 Å². The first kappa shape index (κ1) is 16.2. The summed E-state index contributed by atoms with van der Waals surface area (Å²) in [5, 5.41) is 0. The first-order valence-electron chi connectivity index (χ1n) is 7.13. The van der Waals surface area contributed by atoms with E-state index in [1.54, 1.807) is 0 Å². The molecule has 0 amide bonds. The molecule has 0 N–H and O–H groups in total. The Morgan fingerprint density at radius 2 is 1.95 bits per heavy atom. The van der Waals surface area contributed by atoms with Crippen LogP contribution in [-0.4, -0.2) is 23.0 Å². The molecule has 19 heavy (non-hydrogen) atoms. The molecule has 0 saturated carbocycles. The fourth-order valence-corrected chi connectivity index (χ4v) is 3.20. The van der Waals surface area contributed by atoms with Crippen molar-refractivity contribution in [2.45, 2.75) is 38.8 Å². The van der Waals surface area contributed by atoms with Crippen LogP contribution in [0.25, 0.3) is 6.08 Å². The van der Waals surface area contributed by atoms with Crippen LogP contribution in [0.2, 0.25) is 5.54 Å². The molecule has 0 fully saturated rings. The zero-order chi connectivity index (χ0) is 14.1. The Morgan fingerprint density at radius 3 is 2.47 bits per heavy atom. The molecule has 2 unspecified atom stereocenters. The minimum Gasteiger partial charge on any atom is -0.417 e. The SMILES string of the molecule is C=Cc1ccc(C(CC)O[SiH2]C(C)COCC)cc1. The van der Waals surface area contributed by atoms with Crippen LogP contribution in [-0.2, 0) is 9.16 Å². The van der Waals surface area contributed by atoms with Gasteiger partial charge in [-0.25, -0.2) is 0 Å². The second-order valence-corrected chi connectivity index (χ2v) is 6.93. The average Bonchev–Trinajstić information content (AvgIpc) is 2.46. The van der Waals surface area contributed by atoms with Gasteiger partial charge < -0.3 is 9.16 Å². The lowest BCUT2D eigenvalue weighted by Gasteiger charge is -2.19. The second-order valence-electron chi connectivity index (χ2n) is 4.87. The maximum absolute atomic E-state index is 6.14. The Hall–Kier alpha value is -0.903. The maximum Gasteiger partial charge on any atom is 0.167 e. The molecule has 1 rings (SSSR count). The number of benzene rings is 1. The summed E-state index contributed by atoms with van der Waals surface area (Å²) in [6.07, 6.45) is 3.11. The van der Waals surface area contributed by atoms with Crippen molar-refractivity contribution in [3.63, 3.8) is 0 Å². The lowest BCUT2D eigenvalue weighted by Crippen LogP contribution is -2.14. The molecule has 2 nitrogen and oxygen atoms in total. The summed E-state index contributed by atoms with van der Waals surface area (Å²) in [6.45, 7) is 11.8. The van der Waals surface area contributed by atoms with Gasteiger partial charge in [-0.05, 0) is 30.0 Å². The fraction of sp³-hybridized carbons (Fsp3) is 0.500. The van der Waals surface area contributed by atoms with Gasteiger partial charge in [0, 0.05) is 13.2 Å². The molecule has 0 bridgehead atoms. The smallest absolute Gasteiger partial charge is 0.167 e. The van der Waals surface area contributed by atoms with E-state index < -0.39 is 9.76 Å². The van der Waals surface area contributed by atoms with Gasteiger partial charge in [0.1, 0.15) is 0 Å². The molecule has 3 heteroatoms. The highest BCUT2D eigenvalue weighted by atomic mass is 28.2. The summed E-state index contributed by atoms with van der Waals surface area (Å²) < 4.78 is 11.6. The summed E-state index contributed by atoms with van der Waals surface area (Å²) in [5.74, 6) is 0. The van der Waals surface area contributed by atoms with E-state index in [-0.39, 0.29) is 6.10 Å². The number of hydrogen-bond acceptors (Lipinski definition) is 2. The van der Waals surface area contributed by atoms with E-state index in [4.69, 9.17) is 9.16 Å². The highest BCUT2D eigenvalue weighted by molar-refractivity contribution is 6.29. The van der Waals surface area contributed by atoms with E-state index in [0.717, 1.165) is 25.2 Å². The van der Waals surface area contributed by atoms with Crippen LogP contribution in [0.1, 0.15) is 44.4 Å². The Balaban J connectivity index is 2.50. The van der Waals surface area contributed by atoms with Crippen LogP contribution in [0.15, 0.2) is 30.8 Å². The van der Waals surface area contributed by atoms with Gasteiger partial charge in [0.2, 0.25) is 0 Å². The molecule has 0 aliphatic rings. The molecular formula is C16H26O2Si. The molecule has 1 aromatic carbocycles. The van der Waals surface area contributed by atoms with Crippen LogP contribution < -0.4 is 0 Å². The Bertz CT molecular complexity index is 362. The van der Waals surface area contributed by atoms with Crippen molar-refractivity contribution in [2.75, 3.05) is 13.2 Å². The zero-order valence-electron chi connectivity index (χ0n) is 12.4. The third kappa shape index (κ3) is 5.72. The van der Waals surface area contributed by atoms with E-state index in [1.165, 1.54) is 5.56 Å².